The van der Waals surface area contributed by atoms with Gasteiger partial charge in [-0.25, -0.2) is 4.98 Å². The molecule has 4 heteroatoms. The van der Waals surface area contributed by atoms with E-state index in [9.17, 15) is 0 Å². The van der Waals surface area contributed by atoms with E-state index in [1.165, 1.54) is 44.9 Å². The molecule has 0 aliphatic rings. The van der Waals surface area contributed by atoms with Crippen molar-refractivity contribution in [3.63, 3.8) is 0 Å². The summed E-state index contributed by atoms with van der Waals surface area (Å²) in [7, 11) is 0. The van der Waals surface area contributed by atoms with E-state index in [4.69, 9.17) is 9.72 Å². The van der Waals surface area contributed by atoms with Gasteiger partial charge >= 0.3 is 0 Å². The zero-order chi connectivity index (χ0) is 23.3. The van der Waals surface area contributed by atoms with Gasteiger partial charge < -0.3 is 4.74 Å². The standard InChI is InChI=1S/C29H39N3O/c1-4-24(14-8-6-5-7-13-23(2)3)17-20-33-25-21-28(26-15-9-11-18-30-26)32-29(22-25)27-16-10-12-19-31-27/h9-12,15-16,18-19,21-24H,4-8,13-14,17,20H2,1-3H3. The first-order valence-corrected chi connectivity index (χ1v) is 12.6. The predicted molar refractivity (Wildman–Crippen MR) is 137 cm³/mol. The number of ether oxygens (including phenoxy) is 1. The summed E-state index contributed by atoms with van der Waals surface area (Å²) < 4.78 is 6.24. The second-order valence-corrected chi connectivity index (χ2v) is 9.30. The molecule has 1 atom stereocenters. The van der Waals surface area contributed by atoms with Gasteiger partial charge in [0.1, 0.15) is 5.75 Å². The molecule has 0 saturated carbocycles. The fraction of sp³-hybridized carbons (Fsp3) is 0.483. The molecule has 0 aromatic carbocycles. The Hall–Kier alpha value is -2.75. The second kappa shape index (κ2) is 13.7. The molecule has 0 saturated heterocycles. The molecule has 0 amide bonds. The second-order valence-electron chi connectivity index (χ2n) is 9.30. The first-order valence-electron chi connectivity index (χ1n) is 12.6. The number of hydrogen-bond donors (Lipinski definition) is 0. The van der Waals surface area contributed by atoms with Crippen molar-refractivity contribution in [2.24, 2.45) is 11.8 Å². The first-order chi connectivity index (χ1) is 16.2. The molecule has 4 nitrogen and oxygen atoms in total. The van der Waals surface area contributed by atoms with Crippen molar-refractivity contribution >= 4 is 0 Å². The Morgan fingerprint density at radius 1 is 0.727 bits per heavy atom. The molecule has 0 aliphatic heterocycles. The quantitative estimate of drug-likeness (QED) is 0.236. The van der Waals surface area contributed by atoms with Crippen molar-refractivity contribution in [1.82, 2.24) is 15.0 Å². The Labute approximate surface area is 199 Å². The molecule has 0 spiro atoms. The van der Waals surface area contributed by atoms with Gasteiger partial charge in [-0.1, -0.05) is 77.8 Å². The van der Waals surface area contributed by atoms with Gasteiger partial charge in [0.05, 0.1) is 29.4 Å². The topological polar surface area (TPSA) is 47.9 Å². The minimum absolute atomic E-state index is 0.721. The lowest BCUT2D eigenvalue weighted by atomic mass is 9.95. The van der Waals surface area contributed by atoms with Gasteiger partial charge in [0, 0.05) is 24.5 Å². The van der Waals surface area contributed by atoms with Crippen LogP contribution < -0.4 is 4.74 Å². The molecule has 0 bridgehead atoms. The summed E-state index contributed by atoms with van der Waals surface area (Å²) >= 11 is 0. The summed E-state index contributed by atoms with van der Waals surface area (Å²) in [5.41, 5.74) is 3.29. The molecular formula is C29H39N3O. The van der Waals surface area contributed by atoms with Crippen LogP contribution in [0.2, 0.25) is 0 Å². The Kier molecular flexibility index (Phi) is 10.3. The van der Waals surface area contributed by atoms with Crippen molar-refractivity contribution in [3.8, 4) is 28.5 Å². The van der Waals surface area contributed by atoms with Crippen LogP contribution in [0.15, 0.2) is 60.9 Å². The van der Waals surface area contributed by atoms with Gasteiger partial charge in [-0.15, -0.1) is 0 Å². The largest absolute Gasteiger partial charge is 0.493 e. The Bertz CT molecular complexity index is 870. The maximum Gasteiger partial charge on any atom is 0.123 e. The summed E-state index contributed by atoms with van der Waals surface area (Å²) in [6.07, 6.45) is 14.0. The fourth-order valence-electron chi connectivity index (χ4n) is 4.11. The van der Waals surface area contributed by atoms with Gasteiger partial charge in [-0.2, -0.15) is 0 Å². The number of unbranched alkanes of at least 4 members (excludes halogenated alkanes) is 3. The van der Waals surface area contributed by atoms with E-state index in [1.807, 2.05) is 48.5 Å². The summed E-state index contributed by atoms with van der Waals surface area (Å²) in [5, 5.41) is 0. The molecule has 3 aromatic rings. The van der Waals surface area contributed by atoms with E-state index >= 15 is 0 Å². The van der Waals surface area contributed by atoms with Gasteiger partial charge in [0.25, 0.3) is 0 Å². The molecule has 1 unspecified atom stereocenters. The molecular weight excluding hydrogens is 406 g/mol. The third kappa shape index (κ3) is 8.60. The van der Waals surface area contributed by atoms with E-state index in [-0.39, 0.29) is 0 Å². The van der Waals surface area contributed by atoms with Crippen LogP contribution in [-0.4, -0.2) is 21.6 Å². The summed E-state index contributed by atoms with van der Waals surface area (Å²) in [4.78, 5) is 13.7. The van der Waals surface area contributed by atoms with Gasteiger partial charge in [-0.3, -0.25) is 9.97 Å². The van der Waals surface area contributed by atoms with Crippen molar-refractivity contribution in [2.75, 3.05) is 6.61 Å². The highest BCUT2D eigenvalue weighted by atomic mass is 16.5. The molecule has 0 radical (unpaired) electrons. The van der Waals surface area contributed by atoms with Crippen LogP contribution in [0.25, 0.3) is 22.8 Å². The van der Waals surface area contributed by atoms with Crippen molar-refractivity contribution in [1.29, 1.82) is 0 Å². The van der Waals surface area contributed by atoms with Crippen LogP contribution >= 0.6 is 0 Å². The van der Waals surface area contributed by atoms with Gasteiger partial charge in [0.2, 0.25) is 0 Å². The van der Waals surface area contributed by atoms with E-state index in [2.05, 4.69) is 30.7 Å². The number of hydrogen-bond acceptors (Lipinski definition) is 4. The average molecular weight is 446 g/mol. The summed E-state index contributed by atoms with van der Waals surface area (Å²) in [5.74, 6) is 2.38. The van der Waals surface area contributed by atoms with E-state index in [0.717, 1.165) is 53.4 Å². The maximum atomic E-state index is 6.24. The molecule has 176 valence electrons. The molecule has 33 heavy (non-hydrogen) atoms. The molecule has 3 heterocycles. The molecule has 0 aliphatic carbocycles. The number of rotatable bonds is 14. The molecule has 0 fully saturated rings. The Morgan fingerprint density at radius 2 is 1.33 bits per heavy atom. The van der Waals surface area contributed by atoms with Gasteiger partial charge in [0.15, 0.2) is 0 Å². The highest BCUT2D eigenvalue weighted by Gasteiger charge is 2.11. The van der Waals surface area contributed by atoms with E-state index in [1.54, 1.807) is 12.4 Å². The van der Waals surface area contributed by atoms with Crippen LogP contribution in [0.1, 0.15) is 72.1 Å². The Balaban J connectivity index is 1.58. The summed E-state index contributed by atoms with van der Waals surface area (Å²) in [6.45, 7) is 7.65. The third-order valence-electron chi connectivity index (χ3n) is 6.17. The zero-order valence-electron chi connectivity index (χ0n) is 20.5. The van der Waals surface area contributed by atoms with Crippen molar-refractivity contribution in [3.05, 3.63) is 60.9 Å². The lowest BCUT2D eigenvalue weighted by Gasteiger charge is -2.16. The monoisotopic (exact) mass is 445 g/mol. The SMILES string of the molecule is CCC(CCCCCCC(C)C)CCOc1cc(-c2ccccn2)nc(-c2ccccn2)c1. The average Bonchev–Trinajstić information content (AvgIpc) is 2.85. The van der Waals surface area contributed by atoms with Crippen LogP contribution in [0.5, 0.6) is 5.75 Å². The number of aromatic nitrogens is 3. The minimum Gasteiger partial charge on any atom is -0.493 e. The summed E-state index contributed by atoms with van der Waals surface area (Å²) in [6, 6.07) is 15.7. The fourth-order valence-corrected chi connectivity index (χ4v) is 4.11. The van der Waals surface area contributed by atoms with Crippen LogP contribution in [0.4, 0.5) is 0 Å². The molecule has 0 N–H and O–H groups in total. The lowest BCUT2D eigenvalue weighted by Crippen LogP contribution is -2.07. The van der Waals surface area contributed by atoms with Crippen LogP contribution in [0.3, 0.4) is 0 Å². The van der Waals surface area contributed by atoms with E-state index in [0.29, 0.717) is 0 Å². The smallest absolute Gasteiger partial charge is 0.123 e. The minimum atomic E-state index is 0.721. The molecule has 3 rings (SSSR count). The third-order valence-corrected chi connectivity index (χ3v) is 6.17. The number of pyridine rings is 3. The zero-order valence-corrected chi connectivity index (χ0v) is 20.5. The van der Waals surface area contributed by atoms with E-state index < -0.39 is 0 Å². The highest BCUT2D eigenvalue weighted by molar-refractivity contribution is 5.64. The normalized spacial score (nSPS) is 12.1. The van der Waals surface area contributed by atoms with Crippen LogP contribution in [-0.2, 0) is 0 Å². The Morgan fingerprint density at radius 3 is 1.85 bits per heavy atom. The lowest BCUT2D eigenvalue weighted by molar-refractivity contribution is 0.266. The highest BCUT2D eigenvalue weighted by Crippen LogP contribution is 2.27. The first kappa shape index (κ1) is 24.9. The number of nitrogens with zero attached hydrogens (tertiary/aromatic N) is 3. The van der Waals surface area contributed by atoms with Crippen LogP contribution in [0, 0.1) is 11.8 Å². The van der Waals surface area contributed by atoms with Crippen molar-refractivity contribution < 1.29 is 4.74 Å². The van der Waals surface area contributed by atoms with Gasteiger partial charge in [-0.05, 0) is 42.5 Å². The molecule has 3 aromatic heterocycles. The van der Waals surface area contributed by atoms with Crippen molar-refractivity contribution in [2.45, 2.75) is 72.1 Å². The maximum absolute atomic E-state index is 6.24. The predicted octanol–water partition coefficient (Wildman–Crippen LogP) is 8.00.